The molecule has 1 aromatic rings. The van der Waals surface area contributed by atoms with E-state index in [-0.39, 0.29) is 18.3 Å². The molecule has 16 heavy (non-hydrogen) atoms. The zero-order chi connectivity index (χ0) is 12.1. The quantitative estimate of drug-likeness (QED) is 0.819. The largest absolute Gasteiger partial charge is 0.485 e. The molecular formula is C12H14BrClO2. The van der Waals surface area contributed by atoms with Crippen molar-refractivity contribution in [3.8, 4) is 5.75 Å². The molecule has 0 bridgehead atoms. The Kier molecular flexibility index (Phi) is 5.29. The third kappa shape index (κ3) is 3.80. The highest BCUT2D eigenvalue weighted by Gasteiger charge is 2.12. The summed E-state index contributed by atoms with van der Waals surface area (Å²) in [6.45, 7) is 4.00. The molecule has 1 atom stereocenters. The minimum atomic E-state index is 0.0473. The Morgan fingerprint density at radius 3 is 2.81 bits per heavy atom. The monoisotopic (exact) mass is 304 g/mol. The maximum Gasteiger partial charge on any atom is 0.172 e. The Balaban J connectivity index is 2.58. The summed E-state index contributed by atoms with van der Waals surface area (Å²) >= 11 is 9.13. The summed E-state index contributed by atoms with van der Waals surface area (Å²) in [7, 11) is 0. The van der Waals surface area contributed by atoms with E-state index < -0.39 is 0 Å². The molecule has 0 aliphatic rings. The summed E-state index contributed by atoms with van der Waals surface area (Å²) < 4.78 is 6.18. The topological polar surface area (TPSA) is 26.3 Å². The van der Waals surface area contributed by atoms with E-state index >= 15 is 0 Å². The SMILES string of the molecule is CCC(C)C(=O)COc1ccc(Cl)cc1Br. The molecule has 0 aromatic heterocycles. The number of halogens is 2. The first-order valence-corrected chi connectivity index (χ1v) is 6.32. The minimum absolute atomic E-state index is 0.0473. The van der Waals surface area contributed by atoms with Crippen molar-refractivity contribution < 1.29 is 9.53 Å². The van der Waals surface area contributed by atoms with Gasteiger partial charge in [-0.3, -0.25) is 4.79 Å². The third-order valence-corrected chi connectivity index (χ3v) is 3.28. The lowest BCUT2D eigenvalue weighted by Crippen LogP contribution is -2.18. The number of hydrogen-bond acceptors (Lipinski definition) is 2. The fourth-order valence-electron chi connectivity index (χ4n) is 1.11. The maximum absolute atomic E-state index is 11.6. The predicted molar refractivity (Wildman–Crippen MR) is 69.1 cm³/mol. The number of carbonyl (C=O) groups is 1. The van der Waals surface area contributed by atoms with Crippen molar-refractivity contribution in [2.24, 2.45) is 5.92 Å². The molecule has 0 amide bonds. The van der Waals surface area contributed by atoms with Crippen LogP contribution in [0.15, 0.2) is 22.7 Å². The maximum atomic E-state index is 11.6. The molecule has 1 aromatic carbocycles. The Hall–Kier alpha value is -0.540. The lowest BCUT2D eigenvalue weighted by molar-refractivity contribution is -0.124. The summed E-state index contributed by atoms with van der Waals surface area (Å²) in [5.74, 6) is 0.802. The lowest BCUT2D eigenvalue weighted by atomic mass is 10.1. The van der Waals surface area contributed by atoms with Crippen LogP contribution in [-0.2, 0) is 4.79 Å². The van der Waals surface area contributed by atoms with Crippen molar-refractivity contribution in [3.05, 3.63) is 27.7 Å². The number of hydrogen-bond donors (Lipinski definition) is 0. The van der Waals surface area contributed by atoms with E-state index in [0.717, 1.165) is 10.9 Å². The van der Waals surface area contributed by atoms with E-state index in [1.54, 1.807) is 18.2 Å². The van der Waals surface area contributed by atoms with Gasteiger partial charge in [0.25, 0.3) is 0 Å². The van der Waals surface area contributed by atoms with Crippen molar-refractivity contribution >= 4 is 33.3 Å². The first kappa shape index (κ1) is 13.5. The molecule has 0 N–H and O–H groups in total. The van der Waals surface area contributed by atoms with E-state index in [0.29, 0.717) is 10.8 Å². The molecule has 0 saturated heterocycles. The van der Waals surface area contributed by atoms with Crippen molar-refractivity contribution in [1.29, 1.82) is 0 Å². The minimum Gasteiger partial charge on any atom is -0.485 e. The summed E-state index contributed by atoms with van der Waals surface area (Å²) in [6.07, 6.45) is 0.837. The normalized spacial score (nSPS) is 12.2. The third-order valence-electron chi connectivity index (χ3n) is 2.43. The molecule has 0 heterocycles. The van der Waals surface area contributed by atoms with Crippen LogP contribution in [-0.4, -0.2) is 12.4 Å². The average molecular weight is 306 g/mol. The van der Waals surface area contributed by atoms with E-state index in [4.69, 9.17) is 16.3 Å². The number of carbonyl (C=O) groups excluding carboxylic acids is 1. The number of ketones is 1. The lowest BCUT2D eigenvalue weighted by Gasteiger charge is -2.10. The number of ether oxygens (including phenoxy) is 1. The average Bonchev–Trinajstić information content (AvgIpc) is 2.26. The van der Waals surface area contributed by atoms with Gasteiger partial charge in [-0.1, -0.05) is 25.4 Å². The molecule has 0 spiro atoms. The van der Waals surface area contributed by atoms with Gasteiger partial charge in [-0.15, -0.1) is 0 Å². The van der Waals surface area contributed by atoms with Crippen LogP contribution in [0.4, 0.5) is 0 Å². The van der Waals surface area contributed by atoms with Crippen LogP contribution in [0, 0.1) is 5.92 Å². The van der Waals surface area contributed by atoms with Gasteiger partial charge in [-0.25, -0.2) is 0 Å². The van der Waals surface area contributed by atoms with E-state index in [9.17, 15) is 4.79 Å². The van der Waals surface area contributed by atoms with E-state index in [1.807, 2.05) is 13.8 Å². The van der Waals surface area contributed by atoms with E-state index in [2.05, 4.69) is 15.9 Å². The number of benzene rings is 1. The van der Waals surface area contributed by atoms with Gasteiger partial charge in [0.05, 0.1) is 4.47 Å². The Morgan fingerprint density at radius 2 is 2.25 bits per heavy atom. The number of Topliss-reactive ketones (excluding diaryl/α,β-unsaturated/α-hetero) is 1. The second-order valence-corrected chi connectivity index (χ2v) is 4.93. The highest BCUT2D eigenvalue weighted by Crippen LogP contribution is 2.28. The number of rotatable bonds is 5. The molecule has 0 aliphatic carbocycles. The molecule has 0 aliphatic heterocycles. The molecule has 0 fully saturated rings. The molecule has 88 valence electrons. The first-order valence-electron chi connectivity index (χ1n) is 5.15. The Labute approximate surface area is 109 Å². The summed E-state index contributed by atoms with van der Waals surface area (Å²) in [5.41, 5.74) is 0. The fraction of sp³-hybridized carbons (Fsp3) is 0.417. The van der Waals surface area contributed by atoms with Gasteiger partial charge in [0.15, 0.2) is 5.78 Å². The van der Waals surface area contributed by atoms with Crippen LogP contribution < -0.4 is 4.74 Å². The molecule has 0 saturated carbocycles. The predicted octanol–water partition coefficient (Wildman–Crippen LogP) is 4.10. The summed E-state index contributed by atoms with van der Waals surface area (Å²) in [6, 6.07) is 5.22. The van der Waals surface area contributed by atoms with Crippen LogP contribution in [0.25, 0.3) is 0 Å². The van der Waals surface area contributed by atoms with Crippen LogP contribution in [0.1, 0.15) is 20.3 Å². The van der Waals surface area contributed by atoms with Gasteiger partial charge in [0.2, 0.25) is 0 Å². The highest BCUT2D eigenvalue weighted by atomic mass is 79.9. The van der Waals surface area contributed by atoms with Gasteiger partial charge in [0.1, 0.15) is 12.4 Å². The second kappa shape index (κ2) is 6.26. The summed E-state index contributed by atoms with van der Waals surface area (Å²) in [4.78, 5) is 11.6. The van der Waals surface area contributed by atoms with Crippen LogP contribution in [0.3, 0.4) is 0 Å². The smallest absolute Gasteiger partial charge is 0.172 e. The second-order valence-electron chi connectivity index (χ2n) is 3.64. The van der Waals surface area contributed by atoms with Gasteiger partial charge >= 0.3 is 0 Å². The van der Waals surface area contributed by atoms with Crippen LogP contribution in [0.2, 0.25) is 5.02 Å². The molecule has 1 rings (SSSR count). The van der Waals surface area contributed by atoms with Gasteiger partial charge < -0.3 is 4.74 Å². The molecule has 2 nitrogen and oxygen atoms in total. The van der Waals surface area contributed by atoms with Crippen LogP contribution >= 0.6 is 27.5 Å². The first-order chi connectivity index (χ1) is 7.54. The van der Waals surface area contributed by atoms with Gasteiger partial charge in [-0.2, -0.15) is 0 Å². The molecule has 4 heteroatoms. The fourth-order valence-corrected chi connectivity index (χ4v) is 1.91. The summed E-state index contributed by atoms with van der Waals surface area (Å²) in [5, 5.41) is 0.632. The van der Waals surface area contributed by atoms with Gasteiger partial charge in [-0.05, 0) is 40.5 Å². The van der Waals surface area contributed by atoms with E-state index in [1.165, 1.54) is 0 Å². The van der Waals surface area contributed by atoms with Crippen molar-refractivity contribution in [3.63, 3.8) is 0 Å². The molecule has 1 unspecified atom stereocenters. The zero-order valence-electron chi connectivity index (χ0n) is 9.30. The Bertz CT molecular complexity index is 379. The van der Waals surface area contributed by atoms with Crippen LogP contribution in [0.5, 0.6) is 5.75 Å². The van der Waals surface area contributed by atoms with Crippen molar-refractivity contribution in [1.82, 2.24) is 0 Å². The molecular weight excluding hydrogens is 291 g/mol. The van der Waals surface area contributed by atoms with Crippen molar-refractivity contribution in [2.75, 3.05) is 6.61 Å². The molecule has 0 radical (unpaired) electrons. The zero-order valence-corrected chi connectivity index (χ0v) is 11.6. The van der Waals surface area contributed by atoms with Gasteiger partial charge in [0, 0.05) is 10.9 Å². The van der Waals surface area contributed by atoms with Crippen molar-refractivity contribution in [2.45, 2.75) is 20.3 Å². The standard InChI is InChI=1S/C12H14BrClO2/c1-3-8(2)11(15)7-16-12-5-4-9(14)6-10(12)13/h4-6,8H,3,7H2,1-2H3. The Morgan fingerprint density at radius 1 is 1.56 bits per heavy atom. The highest BCUT2D eigenvalue weighted by molar-refractivity contribution is 9.10.